The average Bonchev–Trinajstić information content (AvgIpc) is 2.78. The van der Waals surface area contributed by atoms with Crippen molar-refractivity contribution in [3.63, 3.8) is 0 Å². The molecule has 3 aromatic rings. The molecular formula is C24H18F5NO2S. The zero-order valence-electron chi connectivity index (χ0n) is 17.1. The van der Waals surface area contributed by atoms with Gasteiger partial charge in [-0.1, -0.05) is 30.3 Å². The first-order valence-electron chi connectivity index (χ1n) is 10.0. The first kappa shape index (κ1) is 23.1. The Kier molecular flexibility index (Phi) is 6.88. The van der Waals surface area contributed by atoms with Crippen molar-refractivity contribution in [3.05, 3.63) is 83.9 Å². The number of thioether (sulfide) groups is 1. The SMILES string of the molecule is Fc1cccc(F)c1C1=NC(CSc2ccc(-c3ccc(OC(F)(F)F)cc3)cc2)CCO1. The molecule has 0 spiro atoms. The number of rotatable bonds is 6. The zero-order chi connectivity index (χ0) is 23.4. The molecule has 0 aromatic heterocycles. The van der Waals surface area contributed by atoms with Crippen LogP contribution in [0.3, 0.4) is 0 Å². The van der Waals surface area contributed by atoms with E-state index in [9.17, 15) is 22.0 Å². The minimum absolute atomic E-state index is 0.0178. The molecule has 0 saturated heterocycles. The first-order valence-corrected chi connectivity index (χ1v) is 11.0. The van der Waals surface area contributed by atoms with E-state index in [1.807, 2.05) is 24.3 Å². The third-order valence-corrected chi connectivity index (χ3v) is 6.04. The van der Waals surface area contributed by atoms with Gasteiger partial charge in [0.05, 0.1) is 12.6 Å². The lowest BCUT2D eigenvalue weighted by Crippen LogP contribution is -2.25. The summed E-state index contributed by atoms with van der Waals surface area (Å²) in [5.74, 6) is -1.11. The van der Waals surface area contributed by atoms with Gasteiger partial charge in [-0.3, -0.25) is 0 Å². The highest BCUT2D eigenvalue weighted by molar-refractivity contribution is 7.99. The van der Waals surface area contributed by atoms with E-state index in [0.717, 1.165) is 16.0 Å². The van der Waals surface area contributed by atoms with Crippen molar-refractivity contribution in [2.24, 2.45) is 4.99 Å². The van der Waals surface area contributed by atoms with Crippen LogP contribution < -0.4 is 4.74 Å². The summed E-state index contributed by atoms with van der Waals surface area (Å²) in [6.07, 6.45) is -4.09. The van der Waals surface area contributed by atoms with Crippen LogP contribution in [0.4, 0.5) is 22.0 Å². The lowest BCUT2D eigenvalue weighted by Gasteiger charge is -2.21. The van der Waals surface area contributed by atoms with E-state index in [1.165, 1.54) is 30.3 Å². The molecule has 0 radical (unpaired) electrons. The van der Waals surface area contributed by atoms with E-state index in [-0.39, 0.29) is 23.3 Å². The van der Waals surface area contributed by atoms with Crippen LogP contribution in [0.5, 0.6) is 5.75 Å². The second kappa shape index (κ2) is 9.82. The van der Waals surface area contributed by atoms with Gasteiger partial charge in [-0.2, -0.15) is 0 Å². The quantitative estimate of drug-likeness (QED) is 0.286. The maximum absolute atomic E-state index is 14.0. The Morgan fingerprint density at radius 2 is 1.52 bits per heavy atom. The fourth-order valence-corrected chi connectivity index (χ4v) is 4.26. The molecule has 0 aliphatic carbocycles. The van der Waals surface area contributed by atoms with E-state index < -0.39 is 18.0 Å². The van der Waals surface area contributed by atoms with Gasteiger partial charge in [-0.05, 0) is 47.5 Å². The normalized spacial score (nSPS) is 16.2. The smallest absolute Gasteiger partial charge is 0.477 e. The first-order chi connectivity index (χ1) is 15.8. The molecule has 1 heterocycles. The Morgan fingerprint density at radius 1 is 0.909 bits per heavy atom. The lowest BCUT2D eigenvalue weighted by atomic mass is 10.1. The summed E-state index contributed by atoms with van der Waals surface area (Å²) in [5.41, 5.74) is 1.36. The number of alkyl halides is 3. The van der Waals surface area contributed by atoms with E-state index in [1.54, 1.807) is 23.9 Å². The highest BCUT2D eigenvalue weighted by atomic mass is 32.2. The molecule has 4 rings (SSSR count). The molecule has 0 N–H and O–H groups in total. The Morgan fingerprint density at radius 3 is 2.12 bits per heavy atom. The van der Waals surface area contributed by atoms with E-state index in [0.29, 0.717) is 18.8 Å². The molecule has 3 aromatic carbocycles. The van der Waals surface area contributed by atoms with Gasteiger partial charge in [-0.15, -0.1) is 24.9 Å². The maximum atomic E-state index is 14.0. The molecule has 0 amide bonds. The standard InChI is InChI=1S/C24H18F5NO2S/c25-20-2-1-3-21(26)22(20)23-30-17(12-13-31-23)14-33-19-10-6-16(7-11-19)15-4-8-18(9-5-15)32-24(27,28)29/h1-11,17H,12-14H2. The van der Waals surface area contributed by atoms with Crippen LogP contribution in [-0.4, -0.2) is 30.7 Å². The number of nitrogens with zero attached hydrogens (tertiary/aromatic N) is 1. The summed E-state index contributed by atoms with van der Waals surface area (Å²) in [5, 5.41) is 0. The Bertz CT molecular complexity index is 1110. The maximum Gasteiger partial charge on any atom is 0.573 e. The molecule has 0 fully saturated rings. The van der Waals surface area contributed by atoms with Crippen LogP contribution in [-0.2, 0) is 4.74 Å². The monoisotopic (exact) mass is 479 g/mol. The average molecular weight is 479 g/mol. The largest absolute Gasteiger partial charge is 0.573 e. The third kappa shape index (κ3) is 6.04. The molecular weight excluding hydrogens is 461 g/mol. The molecule has 0 saturated carbocycles. The lowest BCUT2D eigenvalue weighted by molar-refractivity contribution is -0.274. The Labute approximate surface area is 191 Å². The van der Waals surface area contributed by atoms with Gasteiger partial charge < -0.3 is 9.47 Å². The van der Waals surface area contributed by atoms with Gasteiger partial charge in [-0.25, -0.2) is 13.8 Å². The Hall–Kier alpha value is -3.07. The van der Waals surface area contributed by atoms with Crippen LogP contribution in [0.25, 0.3) is 11.1 Å². The summed E-state index contributed by atoms with van der Waals surface area (Å²) in [6.45, 7) is 0.324. The fourth-order valence-electron chi connectivity index (χ4n) is 3.30. The molecule has 1 aliphatic heterocycles. The predicted octanol–water partition coefficient (Wildman–Crippen LogP) is 6.86. The highest BCUT2D eigenvalue weighted by Gasteiger charge is 2.31. The number of benzene rings is 3. The molecule has 1 aliphatic rings. The molecule has 33 heavy (non-hydrogen) atoms. The van der Waals surface area contributed by atoms with E-state index >= 15 is 0 Å². The topological polar surface area (TPSA) is 30.8 Å². The summed E-state index contributed by atoms with van der Waals surface area (Å²) >= 11 is 1.55. The molecule has 9 heteroatoms. The second-order valence-corrected chi connectivity index (χ2v) is 8.32. The van der Waals surface area contributed by atoms with Crippen molar-refractivity contribution in [1.82, 2.24) is 0 Å². The van der Waals surface area contributed by atoms with Crippen molar-refractivity contribution < 1.29 is 31.4 Å². The minimum atomic E-state index is -4.72. The van der Waals surface area contributed by atoms with Gasteiger partial charge in [0, 0.05) is 17.1 Å². The van der Waals surface area contributed by atoms with Gasteiger partial charge in [0.1, 0.15) is 22.9 Å². The van der Waals surface area contributed by atoms with Crippen molar-refractivity contribution in [2.45, 2.75) is 23.7 Å². The minimum Gasteiger partial charge on any atom is -0.477 e. The number of hydrogen-bond donors (Lipinski definition) is 0. The molecule has 1 unspecified atom stereocenters. The molecule has 0 bridgehead atoms. The summed E-state index contributed by atoms with van der Waals surface area (Å²) < 4.78 is 74.2. The molecule has 172 valence electrons. The van der Waals surface area contributed by atoms with Crippen molar-refractivity contribution >= 4 is 17.7 Å². The van der Waals surface area contributed by atoms with Gasteiger partial charge in [0.15, 0.2) is 0 Å². The fraction of sp³-hybridized carbons (Fsp3) is 0.208. The third-order valence-electron chi connectivity index (χ3n) is 4.88. The predicted molar refractivity (Wildman–Crippen MR) is 117 cm³/mol. The van der Waals surface area contributed by atoms with Crippen molar-refractivity contribution in [2.75, 3.05) is 12.4 Å². The van der Waals surface area contributed by atoms with Crippen molar-refractivity contribution in [1.29, 1.82) is 0 Å². The van der Waals surface area contributed by atoms with Crippen LogP contribution in [0.15, 0.2) is 76.6 Å². The summed E-state index contributed by atoms with van der Waals surface area (Å²) in [7, 11) is 0. The molecule has 3 nitrogen and oxygen atoms in total. The van der Waals surface area contributed by atoms with Crippen LogP contribution >= 0.6 is 11.8 Å². The van der Waals surface area contributed by atoms with Crippen LogP contribution in [0, 0.1) is 11.6 Å². The zero-order valence-corrected chi connectivity index (χ0v) is 17.9. The van der Waals surface area contributed by atoms with Gasteiger partial charge in [0.25, 0.3) is 0 Å². The van der Waals surface area contributed by atoms with Gasteiger partial charge >= 0.3 is 6.36 Å². The van der Waals surface area contributed by atoms with E-state index in [4.69, 9.17) is 4.74 Å². The number of aliphatic imine (C=N–C) groups is 1. The number of hydrogen-bond acceptors (Lipinski definition) is 4. The Balaban J connectivity index is 1.38. The van der Waals surface area contributed by atoms with Crippen molar-refractivity contribution in [3.8, 4) is 16.9 Å². The van der Waals surface area contributed by atoms with E-state index in [2.05, 4.69) is 9.73 Å². The summed E-state index contributed by atoms with van der Waals surface area (Å²) in [4.78, 5) is 5.36. The van der Waals surface area contributed by atoms with Crippen LogP contribution in [0.1, 0.15) is 12.0 Å². The summed E-state index contributed by atoms with van der Waals surface area (Å²) in [6, 6.07) is 16.7. The van der Waals surface area contributed by atoms with Crippen LogP contribution in [0.2, 0.25) is 0 Å². The second-order valence-electron chi connectivity index (χ2n) is 7.23. The number of ether oxygens (including phenoxy) is 2. The molecule has 1 atom stereocenters. The highest BCUT2D eigenvalue weighted by Crippen LogP contribution is 2.29. The van der Waals surface area contributed by atoms with Gasteiger partial charge in [0.2, 0.25) is 5.90 Å². The number of halogens is 5.